The van der Waals surface area contributed by atoms with E-state index in [1.54, 1.807) is 49.6 Å². The number of para-hydroxylation sites is 1. The number of ketones is 1. The number of nitrogens with zero attached hydrogens (tertiary/aromatic N) is 2. The van der Waals surface area contributed by atoms with E-state index in [9.17, 15) is 14.7 Å². The molecule has 0 radical (unpaired) electrons. The van der Waals surface area contributed by atoms with Gasteiger partial charge in [-0.05, 0) is 31.2 Å². The van der Waals surface area contributed by atoms with Crippen LogP contribution in [0.25, 0.3) is 16.0 Å². The maximum Gasteiger partial charge on any atom is 0.301 e. The van der Waals surface area contributed by atoms with Gasteiger partial charge in [-0.1, -0.05) is 53.3 Å². The van der Waals surface area contributed by atoms with Gasteiger partial charge >= 0.3 is 5.91 Å². The van der Waals surface area contributed by atoms with E-state index in [0.29, 0.717) is 39.0 Å². The fourth-order valence-corrected chi connectivity index (χ4v) is 5.46. The summed E-state index contributed by atoms with van der Waals surface area (Å²) in [6, 6.07) is 16.7. The number of aliphatic hydroxyl groups excluding tert-OH is 1. The number of rotatable bonds is 6. The maximum absolute atomic E-state index is 13.5. The standard InChI is InChI=1S/C28H24N2O6S/c1-15-8-10-16(11-9-15)24(31)22-23(18-6-5-7-20(35-3)26(18)36-4)30(27(33)25(22)32)28-29-19-13-12-17(34-2)14-21(19)37-28/h5-14,23,31H,1-4H3/b24-22+/t23-/m1/s1. The molecule has 1 fully saturated rings. The number of carbonyl (C=O) groups excluding carboxylic acids is 2. The van der Waals surface area contributed by atoms with Crippen molar-refractivity contribution in [2.75, 3.05) is 26.2 Å². The van der Waals surface area contributed by atoms with Crippen LogP contribution in [0.4, 0.5) is 5.13 Å². The monoisotopic (exact) mass is 516 g/mol. The van der Waals surface area contributed by atoms with Crippen LogP contribution in [0.5, 0.6) is 17.2 Å². The van der Waals surface area contributed by atoms with Gasteiger partial charge in [0.1, 0.15) is 17.6 Å². The third-order valence-corrected chi connectivity index (χ3v) is 7.31. The van der Waals surface area contributed by atoms with Crippen LogP contribution in [0.2, 0.25) is 0 Å². The number of aliphatic hydroxyl groups is 1. The summed E-state index contributed by atoms with van der Waals surface area (Å²) in [6.45, 7) is 1.92. The van der Waals surface area contributed by atoms with Crippen molar-refractivity contribution in [3.05, 3.63) is 82.9 Å². The van der Waals surface area contributed by atoms with Gasteiger partial charge in [0, 0.05) is 11.1 Å². The fraction of sp³-hybridized carbons (Fsp3) is 0.179. The van der Waals surface area contributed by atoms with Crippen molar-refractivity contribution in [1.29, 1.82) is 0 Å². The van der Waals surface area contributed by atoms with Crippen molar-refractivity contribution < 1.29 is 28.9 Å². The molecule has 0 unspecified atom stereocenters. The van der Waals surface area contributed by atoms with Gasteiger partial charge in [0.25, 0.3) is 5.78 Å². The first-order chi connectivity index (χ1) is 17.9. The van der Waals surface area contributed by atoms with E-state index in [1.807, 2.05) is 25.1 Å². The van der Waals surface area contributed by atoms with Gasteiger partial charge in [0.2, 0.25) is 0 Å². The van der Waals surface area contributed by atoms with Crippen molar-refractivity contribution in [3.8, 4) is 17.2 Å². The van der Waals surface area contributed by atoms with Crippen LogP contribution in [0.3, 0.4) is 0 Å². The van der Waals surface area contributed by atoms with Crippen LogP contribution in [0.1, 0.15) is 22.7 Å². The van der Waals surface area contributed by atoms with E-state index in [0.717, 1.165) is 10.3 Å². The summed E-state index contributed by atoms with van der Waals surface area (Å²) >= 11 is 1.25. The molecule has 37 heavy (non-hydrogen) atoms. The smallest absolute Gasteiger partial charge is 0.301 e. The molecule has 0 saturated carbocycles. The molecule has 1 N–H and O–H groups in total. The van der Waals surface area contributed by atoms with Crippen LogP contribution in [0.15, 0.2) is 66.2 Å². The van der Waals surface area contributed by atoms with Gasteiger partial charge in [0.05, 0.1) is 37.1 Å². The molecule has 1 aliphatic rings. The first-order valence-electron chi connectivity index (χ1n) is 11.4. The molecule has 4 aromatic rings. The van der Waals surface area contributed by atoms with E-state index >= 15 is 0 Å². The zero-order valence-electron chi connectivity index (χ0n) is 20.6. The largest absolute Gasteiger partial charge is 0.507 e. The molecule has 1 aromatic heterocycles. The molecular weight excluding hydrogens is 492 g/mol. The van der Waals surface area contributed by atoms with Gasteiger partial charge in [-0.2, -0.15) is 0 Å². The van der Waals surface area contributed by atoms with E-state index in [2.05, 4.69) is 4.98 Å². The number of methoxy groups -OCH3 is 3. The van der Waals surface area contributed by atoms with Crippen LogP contribution in [-0.2, 0) is 9.59 Å². The van der Waals surface area contributed by atoms with Gasteiger partial charge in [-0.3, -0.25) is 14.5 Å². The van der Waals surface area contributed by atoms with Crippen molar-refractivity contribution in [2.24, 2.45) is 0 Å². The molecule has 1 amide bonds. The number of benzene rings is 3. The number of fused-ring (bicyclic) bond motifs is 1. The molecule has 8 nitrogen and oxygen atoms in total. The average Bonchev–Trinajstić information content (AvgIpc) is 3.45. The molecule has 0 aliphatic carbocycles. The summed E-state index contributed by atoms with van der Waals surface area (Å²) in [4.78, 5) is 33.0. The summed E-state index contributed by atoms with van der Waals surface area (Å²) in [6.07, 6.45) is 0. The zero-order valence-corrected chi connectivity index (χ0v) is 21.5. The molecule has 188 valence electrons. The minimum atomic E-state index is -1.01. The average molecular weight is 517 g/mol. The Morgan fingerprint density at radius 1 is 0.973 bits per heavy atom. The third kappa shape index (κ3) is 4.07. The molecule has 5 rings (SSSR count). The van der Waals surface area contributed by atoms with Crippen molar-refractivity contribution >= 4 is 44.1 Å². The molecule has 1 aliphatic heterocycles. The number of aryl methyl sites for hydroxylation is 1. The molecule has 2 heterocycles. The molecule has 0 spiro atoms. The predicted octanol–water partition coefficient (Wildman–Crippen LogP) is 5.26. The Labute approximate surface area is 217 Å². The number of aromatic nitrogens is 1. The molecule has 0 bridgehead atoms. The second kappa shape index (κ2) is 9.59. The van der Waals surface area contributed by atoms with E-state index in [4.69, 9.17) is 14.2 Å². The zero-order chi connectivity index (χ0) is 26.3. The summed E-state index contributed by atoms with van der Waals surface area (Å²) in [7, 11) is 4.56. The van der Waals surface area contributed by atoms with Gasteiger partial charge in [0.15, 0.2) is 16.6 Å². The van der Waals surface area contributed by atoms with E-state index < -0.39 is 17.7 Å². The van der Waals surface area contributed by atoms with E-state index in [1.165, 1.54) is 30.5 Å². The first-order valence-corrected chi connectivity index (χ1v) is 12.2. The molecule has 9 heteroatoms. The van der Waals surface area contributed by atoms with Crippen LogP contribution in [0, 0.1) is 6.92 Å². The molecule has 3 aromatic carbocycles. The van der Waals surface area contributed by atoms with E-state index in [-0.39, 0.29) is 11.3 Å². The van der Waals surface area contributed by atoms with Gasteiger partial charge in [-0.15, -0.1) is 0 Å². The maximum atomic E-state index is 13.5. The number of anilines is 1. The van der Waals surface area contributed by atoms with Crippen molar-refractivity contribution in [3.63, 3.8) is 0 Å². The molecule has 1 saturated heterocycles. The van der Waals surface area contributed by atoms with Gasteiger partial charge in [-0.25, -0.2) is 4.98 Å². The SMILES string of the molecule is COc1ccc2nc(N3C(=O)C(=O)/C(=C(/O)c4ccc(C)cc4)[C@H]3c3cccc(OC)c3OC)sc2c1. The van der Waals surface area contributed by atoms with Crippen molar-refractivity contribution in [2.45, 2.75) is 13.0 Å². The Morgan fingerprint density at radius 3 is 2.41 bits per heavy atom. The summed E-state index contributed by atoms with van der Waals surface area (Å²) in [5, 5.41) is 11.7. The molecular formula is C28H24N2O6S. The fourth-order valence-electron chi connectivity index (χ4n) is 4.44. The normalized spacial score (nSPS) is 16.9. The summed E-state index contributed by atoms with van der Waals surface area (Å²) < 4.78 is 17.2. The number of hydrogen-bond donors (Lipinski definition) is 1. The highest BCUT2D eigenvalue weighted by molar-refractivity contribution is 7.22. The lowest BCUT2D eigenvalue weighted by Gasteiger charge is -2.25. The number of thiazole rings is 1. The highest BCUT2D eigenvalue weighted by Crippen LogP contribution is 2.48. The Morgan fingerprint density at radius 2 is 1.73 bits per heavy atom. The Bertz CT molecular complexity index is 1560. The van der Waals surface area contributed by atoms with Crippen LogP contribution < -0.4 is 19.1 Å². The minimum Gasteiger partial charge on any atom is -0.507 e. The second-order valence-electron chi connectivity index (χ2n) is 8.45. The highest BCUT2D eigenvalue weighted by atomic mass is 32.1. The number of ether oxygens (including phenoxy) is 3. The van der Waals surface area contributed by atoms with Crippen LogP contribution in [-0.4, -0.2) is 43.1 Å². The first kappa shape index (κ1) is 24.3. The van der Waals surface area contributed by atoms with Crippen LogP contribution >= 0.6 is 11.3 Å². The predicted molar refractivity (Wildman–Crippen MR) is 142 cm³/mol. The number of carbonyl (C=O) groups is 2. The number of hydrogen-bond acceptors (Lipinski definition) is 8. The quantitative estimate of drug-likeness (QED) is 0.212. The number of Topliss-reactive ketones (excluding diaryl/α,β-unsaturated/α-hetero) is 1. The second-order valence-corrected chi connectivity index (χ2v) is 9.46. The Kier molecular flexibility index (Phi) is 6.31. The number of amides is 1. The van der Waals surface area contributed by atoms with Crippen molar-refractivity contribution in [1.82, 2.24) is 4.98 Å². The summed E-state index contributed by atoms with van der Waals surface area (Å²) in [5.41, 5.74) is 2.49. The highest BCUT2D eigenvalue weighted by Gasteiger charge is 2.49. The Balaban J connectivity index is 1.77. The molecule has 1 atom stereocenters. The summed E-state index contributed by atoms with van der Waals surface area (Å²) in [5.74, 6) is -0.470. The minimum absolute atomic E-state index is 0.0581. The topological polar surface area (TPSA) is 98.2 Å². The van der Waals surface area contributed by atoms with Gasteiger partial charge < -0.3 is 19.3 Å². The lowest BCUT2D eigenvalue weighted by molar-refractivity contribution is -0.132. The lowest BCUT2D eigenvalue weighted by Crippen LogP contribution is -2.29. The Hall–Kier alpha value is -4.37. The lowest BCUT2D eigenvalue weighted by atomic mass is 9.94. The third-order valence-electron chi connectivity index (χ3n) is 6.29.